The fourth-order valence-electron chi connectivity index (χ4n) is 3.73. The third-order valence-corrected chi connectivity index (χ3v) is 7.61. The number of carbonyl (C=O) groups is 1. The van der Waals surface area contributed by atoms with Gasteiger partial charge in [0.05, 0.1) is 10.6 Å². The van der Waals surface area contributed by atoms with Crippen molar-refractivity contribution in [2.45, 2.75) is 51.0 Å². The van der Waals surface area contributed by atoms with Gasteiger partial charge >= 0.3 is 5.97 Å². The van der Waals surface area contributed by atoms with Crippen LogP contribution in [0.3, 0.4) is 0 Å². The van der Waals surface area contributed by atoms with Crippen molar-refractivity contribution in [3.8, 4) is 11.4 Å². The van der Waals surface area contributed by atoms with Gasteiger partial charge < -0.3 is 9.26 Å². The Hall–Kier alpha value is -3.14. The summed E-state index contributed by atoms with van der Waals surface area (Å²) in [5, 5.41) is 5.93. The predicted octanol–water partition coefficient (Wildman–Crippen LogP) is 6.86. The van der Waals surface area contributed by atoms with Crippen molar-refractivity contribution in [3.63, 3.8) is 0 Å². The molecule has 0 aliphatic heterocycles. The summed E-state index contributed by atoms with van der Waals surface area (Å²) in [6.07, 6.45) is 0. The first-order chi connectivity index (χ1) is 17.7. The van der Waals surface area contributed by atoms with Crippen LogP contribution in [-0.4, -0.2) is 36.7 Å². The van der Waals surface area contributed by atoms with Gasteiger partial charge in [-0.3, -0.25) is 9.10 Å². The highest BCUT2D eigenvalue weighted by Crippen LogP contribution is 2.32. The van der Waals surface area contributed by atoms with Gasteiger partial charge in [-0.2, -0.15) is 4.98 Å². The minimum atomic E-state index is -4.24. The lowest BCUT2D eigenvalue weighted by Crippen LogP contribution is -2.39. The zero-order valence-electron chi connectivity index (χ0n) is 21.5. The average molecular weight is 577 g/mol. The Morgan fingerprint density at radius 1 is 1.00 bits per heavy atom. The van der Waals surface area contributed by atoms with E-state index < -0.39 is 28.1 Å². The second kappa shape index (κ2) is 10.6. The smallest absolute Gasteiger partial charge is 0.327 e. The maximum atomic E-state index is 13.7. The number of rotatable bonds is 7. The number of anilines is 1. The first kappa shape index (κ1) is 27.9. The molecule has 1 heterocycles. The quantitative estimate of drug-likeness (QED) is 0.222. The minimum absolute atomic E-state index is 0.103. The van der Waals surface area contributed by atoms with Crippen LogP contribution in [0.25, 0.3) is 22.2 Å². The number of carbonyl (C=O) groups excluding carboxylic acids is 1. The molecule has 0 saturated heterocycles. The fourth-order valence-corrected chi connectivity index (χ4v) is 5.85. The summed E-state index contributed by atoms with van der Waals surface area (Å²) < 4.78 is 39.2. The van der Waals surface area contributed by atoms with Crippen LogP contribution >= 0.6 is 23.2 Å². The van der Waals surface area contributed by atoms with E-state index in [4.69, 9.17) is 32.5 Å². The monoisotopic (exact) mass is 575 g/mol. The van der Waals surface area contributed by atoms with Crippen LogP contribution in [0.1, 0.15) is 46.4 Å². The number of esters is 1. The molecule has 0 spiro atoms. The predicted molar refractivity (Wildman–Crippen MR) is 148 cm³/mol. The van der Waals surface area contributed by atoms with Gasteiger partial charge in [-0.1, -0.05) is 60.4 Å². The van der Waals surface area contributed by atoms with Crippen LogP contribution in [-0.2, 0) is 19.6 Å². The number of fused-ring (bicyclic) bond motifs is 1. The van der Waals surface area contributed by atoms with Gasteiger partial charge in [-0.15, -0.1) is 0 Å². The van der Waals surface area contributed by atoms with Crippen LogP contribution in [0, 0.1) is 0 Å². The number of halogens is 2. The number of hydrogen-bond acceptors (Lipinski definition) is 7. The average Bonchev–Trinajstić information content (AvgIpc) is 3.31. The molecule has 0 N–H and O–H groups in total. The molecule has 11 heteroatoms. The molecular formula is C27H27Cl2N3O5S. The van der Waals surface area contributed by atoms with Crippen molar-refractivity contribution >= 4 is 55.7 Å². The lowest BCUT2D eigenvalue weighted by molar-refractivity contribution is -0.152. The first-order valence-corrected chi connectivity index (χ1v) is 14.0. The maximum Gasteiger partial charge on any atom is 0.327 e. The molecule has 1 aromatic heterocycles. The molecule has 4 aromatic rings. The van der Waals surface area contributed by atoms with E-state index in [1.807, 2.05) is 32.0 Å². The van der Waals surface area contributed by atoms with Crippen LogP contribution in [0.15, 0.2) is 64.0 Å². The van der Waals surface area contributed by atoms with Crippen molar-refractivity contribution in [1.82, 2.24) is 10.1 Å². The molecule has 0 fully saturated rings. The SMILES string of the molecule is CC(C)c1nc(-c2ccc3cc(N(CC(=O)OC(C)(C)C)S(=O)(=O)c4cc(Cl)cc(Cl)c4)ccc3c2)no1. The number of hydrogen-bond donors (Lipinski definition) is 0. The molecule has 0 radical (unpaired) electrons. The third-order valence-electron chi connectivity index (χ3n) is 5.42. The molecule has 0 aliphatic carbocycles. The van der Waals surface area contributed by atoms with Crippen molar-refractivity contribution in [2.24, 2.45) is 0 Å². The van der Waals surface area contributed by atoms with Crippen molar-refractivity contribution in [3.05, 3.63) is 70.5 Å². The van der Waals surface area contributed by atoms with Crippen molar-refractivity contribution in [1.29, 1.82) is 0 Å². The van der Waals surface area contributed by atoms with E-state index in [1.165, 1.54) is 18.2 Å². The van der Waals surface area contributed by atoms with Gasteiger partial charge in [0.15, 0.2) is 0 Å². The summed E-state index contributed by atoms with van der Waals surface area (Å²) in [5.41, 5.74) is 0.234. The van der Waals surface area contributed by atoms with Gasteiger partial charge in [-0.05, 0) is 67.9 Å². The van der Waals surface area contributed by atoms with Crippen LogP contribution < -0.4 is 4.31 Å². The standard InChI is InChI=1S/C27H27Cl2N3O5S/c1-16(2)26-30-25(31-37-26)19-7-6-18-11-22(9-8-17(18)10-19)32(15-24(33)36-27(3,4)5)38(34,35)23-13-20(28)12-21(29)14-23/h6-14,16H,15H2,1-5H3. The number of nitrogens with zero attached hydrogens (tertiary/aromatic N) is 3. The van der Waals surface area contributed by atoms with E-state index in [0.29, 0.717) is 11.7 Å². The Kier molecular flexibility index (Phi) is 7.74. The summed E-state index contributed by atoms with van der Waals surface area (Å²) in [4.78, 5) is 17.1. The Morgan fingerprint density at radius 3 is 2.24 bits per heavy atom. The number of aromatic nitrogens is 2. The van der Waals surface area contributed by atoms with E-state index in [0.717, 1.165) is 20.6 Å². The zero-order valence-corrected chi connectivity index (χ0v) is 23.9. The first-order valence-electron chi connectivity index (χ1n) is 11.8. The molecule has 0 amide bonds. The largest absolute Gasteiger partial charge is 0.459 e. The summed E-state index contributed by atoms with van der Waals surface area (Å²) in [6.45, 7) is 8.52. The molecule has 0 atom stereocenters. The molecular weight excluding hydrogens is 549 g/mol. The second-order valence-electron chi connectivity index (χ2n) is 10.1. The fraction of sp³-hybridized carbons (Fsp3) is 0.296. The topological polar surface area (TPSA) is 103 Å². The molecule has 0 saturated carbocycles. The van der Waals surface area contributed by atoms with Crippen LogP contribution in [0.4, 0.5) is 5.69 Å². The lowest BCUT2D eigenvalue weighted by Gasteiger charge is -2.26. The molecule has 38 heavy (non-hydrogen) atoms. The Labute approximate surface area is 231 Å². The Morgan fingerprint density at radius 2 is 1.63 bits per heavy atom. The van der Waals surface area contributed by atoms with Crippen LogP contribution in [0.2, 0.25) is 10.0 Å². The maximum absolute atomic E-state index is 13.7. The highest BCUT2D eigenvalue weighted by Gasteiger charge is 2.30. The van der Waals surface area contributed by atoms with E-state index in [9.17, 15) is 13.2 Å². The van der Waals surface area contributed by atoms with Gasteiger partial charge in [0.25, 0.3) is 10.0 Å². The van der Waals surface area contributed by atoms with E-state index >= 15 is 0 Å². The van der Waals surface area contributed by atoms with E-state index in [-0.39, 0.29) is 26.5 Å². The van der Waals surface area contributed by atoms with Crippen molar-refractivity contribution in [2.75, 3.05) is 10.8 Å². The molecule has 0 aliphatic rings. The van der Waals surface area contributed by atoms with E-state index in [1.54, 1.807) is 39.0 Å². The van der Waals surface area contributed by atoms with Gasteiger partial charge in [0.2, 0.25) is 11.7 Å². The zero-order chi connectivity index (χ0) is 27.8. The minimum Gasteiger partial charge on any atom is -0.459 e. The summed E-state index contributed by atoms with van der Waals surface area (Å²) in [7, 11) is -4.24. The molecule has 0 bridgehead atoms. The molecule has 0 unspecified atom stereocenters. The Bertz CT molecular complexity index is 1590. The molecule has 8 nitrogen and oxygen atoms in total. The van der Waals surface area contributed by atoms with Crippen molar-refractivity contribution < 1.29 is 22.5 Å². The summed E-state index contributed by atoms with van der Waals surface area (Å²) in [6, 6.07) is 14.6. The second-order valence-corrected chi connectivity index (χ2v) is 12.8. The van der Waals surface area contributed by atoms with E-state index in [2.05, 4.69) is 10.1 Å². The number of benzene rings is 3. The number of sulfonamides is 1. The number of ether oxygens (including phenoxy) is 1. The summed E-state index contributed by atoms with van der Waals surface area (Å²) in [5.74, 6) is 0.403. The normalized spacial score (nSPS) is 12.2. The highest BCUT2D eigenvalue weighted by atomic mass is 35.5. The lowest BCUT2D eigenvalue weighted by atomic mass is 10.1. The molecule has 200 valence electrons. The highest BCUT2D eigenvalue weighted by molar-refractivity contribution is 7.92. The van der Waals surface area contributed by atoms with Gasteiger partial charge in [-0.25, -0.2) is 8.42 Å². The third kappa shape index (κ3) is 6.28. The van der Waals surface area contributed by atoms with Gasteiger partial charge in [0, 0.05) is 21.5 Å². The van der Waals surface area contributed by atoms with Gasteiger partial charge in [0.1, 0.15) is 12.1 Å². The molecule has 4 rings (SSSR count). The molecule has 3 aromatic carbocycles. The Balaban J connectivity index is 1.76. The summed E-state index contributed by atoms with van der Waals surface area (Å²) >= 11 is 12.2. The van der Waals surface area contributed by atoms with Crippen LogP contribution in [0.5, 0.6) is 0 Å².